The summed E-state index contributed by atoms with van der Waals surface area (Å²) in [6.45, 7) is 3.94. The minimum absolute atomic E-state index is 0.295. The number of methoxy groups -OCH3 is 1. The molecule has 0 aliphatic carbocycles. The summed E-state index contributed by atoms with van der Waals surface area (Å²) >= 11 is 5.81. The van der Waals surface area contributed by atoms with E-state index in [0.29, 0.717) is 28.7 Å². The van der Waals surface area contributed by atoms with Gasteiger partial charge in [-0.05, 0) is 61.9 Å². The molecule has 0 radical (unpaired) electrons. The molecule has 0 spiro atoms. The molecule has 2 aromatic carbocycles. The molecule has 6 heteroatoms. The number of halogens is 1. The van der Waals surface area contributed by atoms with Gasteiger partial charge < -0.3 is 14.2 Å². The number of carbonyl (C=O) groups is 2. The molecule has 0 unspecified atom stereocenters. The fourth-order valence-electron chi connectivity index (χ4n) is 2.34. The molecule has 1 atom stereocenters. The lowest BCUT2D eigenvalue weighted by molar-refractivity contribution is -0.140. The highest BCUT2D eigenvalue weighted by Crippen LogP contribution is 2.28. The predicted octanol–water partition coefficient (Wildman–Crippen LogP) is 4.58. The van der Waals surface area contributed by atoms with E-state index in [-0.39, 0.29) is 5.78 Å². The Morgan fingerprint density at radius 3 is 2.44 bits per heavy atom. The zero-order valence-corrected chi connectivity index (χ0v) is 16.2. The Labute approximate surface area is 163 Å². The van der Waals surface area contributed by atoms with Crippen molar-refractivity contribution in [1.29, 1.82) is 0 Å². The highest BCUT2D eigenvalue weighted by Gasteiger charge is 2.18. The first-order chi connectivity index (χ1) is 12.9. The quantitative estimate of drug-likeness (QED) is 0.376. The Hall–Kier alpha value is -2.79. The van der Waals surface area contributed by atoms with Crippen molar-refractivity contribution in [1.82, 2.24) is 0 Å². The molecule has 5 nitrogen and oxygen atoms in total. The summed E-state index contributed by atoms with van der Waals surface area (Å²) in [6.07, 6.45) is 1.94. The molecular weight excluding hydrogens is 368 g/mol. The van der Waals surface area contributed by atoms with E-state index in [4.69, 9.17) is 25.8 Å². The highest BCUT2D eigenvalue weighted by atomic mass is 35.5. The minimum atomic E-state index is -0.904. The normalized spacial score (nSPS) is 11.9. The van der Waals surface area contributed by atoms with E-state index in [2.05, 4.69) is 0 Å². The maximum absolute atomic E-state index is 12.3. The Kier molecular flexibility index (Phi) is 7.44. The van der Waals surface area contributed by atoms with Crippen LogP contribution in [-0.2, 0) is 9.53 Å². The Bertz CT molecular complexity index is 827. The SMILES string of the molecule is CCOc1ccc(/C=C/C(=O)O[C@H](C)C(=O)c2ccc(Cl)cc2)cc1OC. The average Bonchev–Trinajstić information content (AvgIpc) is 2.67. The van der Waals surface area contributed by atoms with Crippen LogP contribution in [0.3, 0.4) is 0 Å². The Morgan fingerprint density at radius 1 is 1.11 bits per heavy atom. The third-order valence-electron chi connectivity index (χ3n) is 3.69. The fraction of sp³-hybridized carbons (Fsp3) is 0.238. The maximum Gasteiger partial charge on any atom is 0.331 e. The topological polar surface area (TPSA) is 61.8 Å². The summed E-state index contributed by atoms with van der Waals surface area (Å²) in [6, 6.07) is 11.7. The van der Waals surface area contributed by atoms with Crippen LogP contribution in [0.25, 0.3) is 6.08 Å². The van der Waals surface area contributed by atoms with E-state index < -0.39 is 12.1 Å². The standard InChI is InChI=1S/C21H21ClO5/c1-4-26-18-11-5-15(13-19(18)25-3)6-12-20(23)27-14(2)21(24)16-7-9-17(22)10-8-16/h5-14H,4H2,1-3H3/b12-6+/t14-/m1/s1. The van der Waals surface area contributed by atoms with Gasteiger partial charge in [-0.2, -0.15) is 0 Å². The van der Waals surface area contributed by atoms with E-state index >= 15 is 0 Å². The molecule has 27 heavy (non-hydrogen) atoms. The van der Waals surface area contributed by atoms with Gasteiger partial charge in [-0.25, -0.2) is 4.79 Å². The van der Waals surface area contributed by atoms with Crippen molar-refractivity contribution in [3.8, 4) is 11.5 Å². The third-order valence-corrected chi connectivity index (χ3v) is 3.94. The van der Waals surface area contributed by atoms with Crippen molar-refractivity contribution in [2.24, 2.45) is 0 Å². The molecule has 0 N–H and O–H groups in total. The first-order valence-electron chi connectivity index (χ1n) is 8.44. The first kappa shape index (κ1) is 20.5. The monoisotopic (exact) mass is 388 g/mol. The van der Waals surface area contributed by atoms with Crippen molar-refractivity contribution in [3.05, 3.63) is 64.7 Å². The van der Waals surface area contributed by atoms with Crippen LogP contribution in [0.1, 0.15) is 29.8 Å². The number of hydrogen-bond donors (Lipinski definition) is 0. The molecule has 142 valence electrons. The number of ether oxygens (including phenoxy) is 3. The summed E-state index contributed by atoms with van der Waals surface area (Å²) in [5, 5.41) is 0.532. The average molecular weight is 389 g/mol. The molecule has 0 fully saturated rings. The maximum atomic E-state index is 12.3. The van der Waals surface area contributed by atoms with Gasteiger partial charge in [0.05, 0.1) is 13.7 Å². The Balaban J connectivity index is 2.00. The van der Waals surface area contributed by atoms with Gasteiger partial charge in [0.1, 0.15) is 0 Å². The highest BCUT2D eigenvalue weighted by molar-refractivity contribution is 6.30. The molecular formula is C21H21ClO5. The molecule has 0 aromatic heterocycles. The van der Waals surface area contributed by atoms with Crippen LogP contribution >= 0.6 is 11.6 Å². The molecule has 0 aliphatic heterocycles. The summed E-state index contributed by atoms with van der Waals surface area (Å²) in [5.41, 5.74) is 1.17. The molecule has 2 aromatic rings. The van der Waals surface area contributed by atoms with E-state index in [1.165, 1.54) is 13.0 Å². The van der Waals surface area contributed by atoms with Crippen molar-refractivity contribution >= 4 is 29.4 Å². The molecule has 0 saturated heterocycles. The lowest BCUT2D eigenvalue weighted by Gasteiger charge is -2.11. The van der Waals surface area contributed by atoms with Gasteiger partial charge in [0.2, 0.25) is 5.78 Å². The van der Waals surface area contributed by atoms with Crippen molar-refractivity contribution in [2.45, 2.75) is 20.0 Å². The number of rotatable bonds is 8. The van der Waals surface area contributed by atoms with E-state index in [1.54, 1.807) is 55.7 Å². The van der Waals surface area contributed by atoms with Gasteiger partial charge in [0.15, 0.2) is 17.6 Å². The fourth-order valence-corrected chi connectivity index (χ4v) is 2.47. The lowest BCUT2D eigenvalue weighted by atomic mass is 10.1. The number of esters is 1. The van der Waals surface area contributed by atoms with Gasteiger partial charge in [0, 0.05) is 16.7 Å². The lowest BCUT2D eigenvalue weighted by Crippen LogP contribution is -2.23. The zero-order chi connectivity index (χ0) is 19.8. The number of Topliss-reactive ketones (excluding diaryl/α,β-unsaturated/α-hetero) is 1. The van der Waals surface area contributed by atoms with E-state index in [9.17, 15) is 9.59 Å². The molecule has 0 saturated carbocycles. The van der Waals surface area contributed by atoms with Crippen LogP contribution in [-0.4, -0.2) is 31.6 Å². The Morgan fingerprint density at radius 2 is 1.81 bits per heavy atom. The number of hydrogen-bond acceptors (Lipinski definition) is 5. The molecule has 0 amide bonds. The first-order valence-corrected chi connectivity index (χ1v) is 8.81. The molecule has 0 aliphatic rings. The summed E-state index contributed by atoms with van der Waals surface area (Å²) in [5.74, 6) is 0.286. The van der Waals surface area contributed by atoms with Crippen LogP contribution in [0, 0.1) is 0 Å². The molecule has 0 heterocycles. The van der Waals surface area contributed by atoms with Crippen LogP contribution in [0.4, 0.5) is 0 Å². The van der Waals surface area contributed by atoms with Crippen LogP contribution in [0.5, 0.6) is 11.5 Å². The zero-order valence-electron chi connectivity index (χ0n) is 15.4. The van der Waals surface area contributed by atoms with Gasteiger partial charge >= 0.3 is 5.97 Å². The van der Waals surface area contributed by atoms with Gasteiger partial charge in [-0.3, -0.25) is 4.79 Å². The smallest absolute Gasteiger partial charge is 0.331 e. The third kappa shape index (κ3) is 5.86. The van der Waals surface area contributed by atoms with Crippen molar-refractivity contribution in [2.75, 3.05) is 13.7 Å². The van der Waals surface area contributed by atoms with Crippen molar-refractivity contribution < 1.29 is 23.8 Å². The predicted molar refractivity (Wildman–Crippen MR) is 105 cm³/mol. The number of carbonyl (C=O) groups excluding carboxylic acids is 2. The van der Waals surface area contributed by atoms with Gasteiger partial charge in [-0.1, -0.05) is 17.7 Å². The largest absolute Gasteiger partial charge is 0.493 e. The number of ketones is 1. The van der Waals surface area contributed by atoms with E-state index in [1.807, 2.05) is 6.92 Å². The van der Waals surface area contributed by atoms with Crippen LogP contribution in [0.2, 0.25) is 5.02 Å². The minimum Gasteiger partial charge on any atom is -0.493 e. The molecule has 0 bridgehead atoms. The summed E-state index contributed by atoms with van der Waals surface area (Å²) < 4.78 is 15.9. The summed E-state index contributed by atoms with van der Waals surface area (Å²) in [7, 11) is 1.55. The second-order valence-electron chi connectivity index (χ2n) is 5.63. The van der Waals surface area contributed by atoms with Crippen LogP contribution in [0.15, 0.2) is 48.5 Å². The van der Waals surface area contributed by atoms with Crippen molar-refractivity contribution in [3.63, 3.8) is 0 Å². The summed E-state index contributed by atoms with van der Waals surface area (Å²) in [4.78, 5) is 24.3. The number of benzene rings is 2. The second kappa shape index (κ2) is 9.78. The van der Waals surface area contributed by atoms with E-state index in [0.717, 1.165) is 5.56 Å². The van der Waals surface area contributed by atoms with Gasteiger partial charge in [-0.15, -0.1) is 0 Å². The van der Waals surface area contributed by atoms with Crippen LogP contribution < -0.4 is 9.47 Å². The van der Waals surface area contributed by atoms with Gasteiger partial charge in [0.25, 0.3) is 0 Å². The second-order valence-corrected chi connectivity index (χ2v) is 6.06. The molecule has 2 rings (SSSR count).